The van der Waals surface area contributed by atoms with Crippen molar-refractivity contribution < 1.29 is 0 Å². The highest BCUT2D eigenvalue weighted by atomic mass is 32.2. The van der Waals surface area contributed by atoms with Gasteiger partial charge in [0.2, 0.25) is 0 Å². The van der Waals surface area contributed by atoms with Gasteiger partial charge in [-0.2, -0.15) is 10.4 Å². The lowest BCUT2D eigenvalue weighted by molar-refractivity contribution is 0.677. The van der Waals surface area contributed by atoms with Crippen molar-refractivity contribution in [1.82, 2.24) is 20.5 Å². The van der Waals surface area contributed by atoms with Crippen LogP contribution in [0.25, 0.3) is 0 Å². The van der Waals surface area contributed by atoms with Gasteiger partial charge >= 0.3 is 0 Å². The first kappa shape index (κ1) is 10.0. The molecule has 0 amide bonds. The van der Waals surface area contributed by atoms with Gasteiger partial charge in [0.05, 0.1) is 6.07 Å². The van der Waals surface area contributed by atoms with Crippen LogP contribution in [-0.2, 0) is 0 Å². The molecule has 0 aromatic carbocycles. The van der Waals surface area contributed by atoms with Crippen molar-refractivity contribution in [3.63, 3.8) is 0 Å². The number of nitrogens with zero attached hydrogens (tertiary/aromatic N) is 3. The van der Waals surface area contributed by atoms with E-state index in [2.05, 4.69) is 26.6 Å². The summed E-state index contributed by atoms with van der Waals surface area (Å²) in [6.07, 6.45) is 1.46. The zero-order valence-electron chi connectivity index (χ0n) is 7.32. The Morgan fingerprint density at radius 1 is 1.85 bits per heavy atom. The van der Waals surface area contributed by atoms with Crippen LogP contribution in [0.3, 0.4) is 0 Å². The van der Waals surface area contributed by atoms with E-state index in [1.807, 2.05) is 6.92 Å². The Bertz CT molecular complexity index is 265. The van der Waals surface area contributed by atoms with E-state index in [4.69, 9.17) is 5.26 Å². The first-order valence-electron chi connectivity index (χ1n) is 3.98. The normalized spacial score (nSPS) is 12.3. The molecule has 1 atom stereocenters. The van der Waals surface area contributed by atoms with Crippen LogP contribution in [0, 0.1) is 11.3 Å². The smallest absolute Gasteiger partial charge is 0.183 e. The summed E-state index contributed by atoms with van der Waals surface area (Å²) in [5, 5.41) is 18.9. The van der Waals surface area contributed by atoms with Crippen LogP contribution in [0.4, 0.5) is 0 Å². The minimum atomic E-state index is -0.125. The molecule has 0 fully saturated rings. The average molecular weight is 197 g/mol. The number of rotatable bonds is 5. The molecule has 5 nitrogen and oxygen atoms in total. The molecule has 1 aromatic heterocycles. The van der Waals surface area contributed by atoms with Gasteiger partial charge in [-0.25, -0.2) is 4.98 Å². The number of nitrogens with one attached hydrogen (secondary N) is 2. The highest BCUT2D eigenvalue weighted by Gasteiger charge is 2.06. The lowest BCUT2D eigenvalue weighted by Crippen LogP contribution is -2.29. The first-order chi connectivity index (χ1) is 6.36. The Balaban J connectivity index is 2.29. The number of thioether (sulfide) groups is 1. The Hall–Kier alpha value is -1.06. The lowest BCUT2D eigenvalue weighted by atomic mass is 10.4. The van der Waals surface area contributed by atoms with Crippen molar-refractivity contribution in [3.05, 3.63) is 6.33 Å². The molecule has 6 heteroatoms. The molecule has 1 heterocycles. The second-order valence-corrected chi connectivity index (χ2v) is 3.35. The summed E-state index contributed by atoms with van der Waals surface area (Å²) < 4.78 is 0. The van der Waals surface area contributed by atoms with Gasteiger partial charge in [-0.15, -0.1) is 0 Å². The maximum Gasteiger partial charge on any atom is 0.183 e. The van der Waals surface area contributed by atoms with Gasteiger partial charge in [-0.1, -0.05) is 18.7 Å². The van der Waals surface area contributed by atoms with E-state index in [1.165, 1.54) is 18.1 Å². The fourth-order valence-electron chi connectivity index (χ4n) is 0.814. The summed E-state index contributed by atoms with van der Waals surface area (Å²) in [7, 11) is 0. The second-order valence-electron chi connectivity index (χ2n) is 2.34. The van der Waals surface area contributed by atoms with Gasteiger partial charge in [-0.05, 0) is 6.54 Å². The summed E-state index contributed by atoms with van der Waals surface area (Å²) >= 11 is 1.49. The van der Waals surface area contributed by atoms with Gasteiger partial charge in [0, 0.05) is 5.75 Å². The molecule has 0 radical (unpaired) electrons. The van der Waals surface area contributed by atoms with Crippen LogP contribution < -0.4 is 5.32 Å². The molecular weight excluding hydrogens is 186 g/mol. The Morgan fingerprint density at radius 3 is 3.23 bits per heavy atom. The standard InChI is InChI=1S/C7H11N5S/c1-2-9-6(3-8)4-13-7-10-5-11-12-7/h5-6,9H,2,4H2,1H3,(H,10,11,12). The molecule has 0 aliphatic carbocycles. The van der Waals surface area contributed by atoms with E-state index >= 15 is 0 Å². The molecule has 0 aliphatic heterocycles. The van der Waals surface area contributed by atoms with Gasteiger partial charge < -0.3 is 5.32 Å². The zero-order valence-corrected chi connectivity index (χ0v) is 8.14. The molecule has 0 saturated carbocycles. The number of nitriles is 1. The Labute approximate surface area is 80.9 Å². The molecule has 2 N–H and O–H groups in total. The van der Waals surface area contributed by atoms with E-state index in [-0.39, 0.29) is 6.04 Å². The molecule has 1 rings (SSSR count). The molecule has 70 valence electrons. The van der Waals surface area contributed by atoms with Gasteiger partial charge in [-0.3, -0.25) is 5.10 Å². The Kier molecular flexibility index (Phi) is 4.29. The van der Waals surface area contributed by atoms with E-state index in [9.17, 15) is 0 Å². The fraction of sp³-hybridized carbons (Fsp3) is 0.571. The fourth-order valence-corrected chi connectivity index (χ4v) is 1.57. The molecular formula is C7H11N5S. The topological polar surface area (TPSA) is 77.4 Å². The minimum Gasteiger partial charge on any atom is -0.302 e. The monoisotopic (exact) mass is 197 g/mol. The summed E-state index contributed by atoms with van der Waals surface area (Å²) in [5.74, 6) is 0.680. The lowest BCUT2D eigenvalue weighted by Gasteiger charge is -2.06. The van der Waals surface area contributed by atoms with Gasteiger partial charge in [0.15, 0.2) is 5.16 Å². The maximum absolute atomic E-state index is 8.71. The quantitative estimate of drug-likeness (QED) is 0.668. The number of hydrogen-bond acceptors (Lipinski definition) is 5. The van der Waals surface area contributed by atoms with Gasteiger partial charge in [0.1, 0.15) is 12.4 Å². The largest absolute Gasteiger partial charge is 0.302 e. The third kappa shape index (κ3) is 3.44. The molecule has 1 unspecified atom stereocenters. The van der Waals surface area contributed by atoms with Gasteiger partial charge in [0.25, 0.3) is 0 Å². The molecule has 13 heavy (non-hydrogen) atoms. The molecule has 0 aliphatic rings. The first-order valence-corrected chi connectivity index (χ1v) is 4.96. The van der Waals surface area contributed by atoms with Crippen LogP contribution in [0.15, 0.2) is 11.5 Å². The number of aromatic nitrogens is 3. The number of aromatic amines is 1. The summed E-state index contributed by atoms with van der Waals surface area (Å²) in [6.45, 7) is 2.78. The maximum atomic E-state index is 8.71. The summed E-state index contributed by atoms with van der Waals surface area (Å²) in [5.41, 5.74) is 0. The average Bonchev–Trinajstić information content (AvgIpc) is 2.64. The summed E-state index contributed by atoms with van der Waals surface area (Å²) in [4.78, 5) is 3.94. The zero-order chi connectivity index (χ0) is 9.52. The summed E-state index contributed by atoms with van der Waals surface area (Å²) in [6, 6.07) is 2.05. The number of hydrogen-bond donors (Lipinski definition) is 2. The van der Waals surface area contributed by atoms with Crippen molar-refractivity contribution in [2.45, 2.75) is 18.1 Å². The highest BCUT2D eigenvalue weighted by molar-refractivity contribution is 7.99. The minimum absolute atomic E-state index is 0.125. The van der Waals surface area contributed by atoms with Crippen molar-refractivity contribution >= 4 is 11.8 Å². The molecule has 1 aromatic rings. The second kappa shape index (κ2) is 5.56. The van der Waals surface area contributed by atoms with E-state index < -0.39 is 0 Å². The SMILES string of the molecule is CCNC(C#N)CSc1ncn[nH]1. The third-order valence-corrected chi connectivity index (χ3v) is 2.36. The van der Waals surface area contributed by atoms with Crippen LogP contribution in [0.5, 0.6) is 0 Å². The van der Waals surface area contributed by atoms with Crippen molar-refractivity contribution in [1.29, 1.82) is 5.26 Å². The van der Waals surface area contributed by atoms with E-state index in [0.717, 1.165) is 11.7 Å². The van der Waals surface area contributed by atoms with Crippen molar-refractivity contribution in [3.8, 4) is 6.07 Å². The predicted octanol–water partition coefficient (Wildman–Crippen LogP) is 0.398. The van der Waals surface area contributed by atoms with Crippen LogP contribution >= 0.6 is 11.8 Å². The van der Waals surface area contributed by atoms with Crippen molar-refractivity contribution in [2.75, 3.05) is 12.3 Å². The van der Waals surface area contributed by atoms with Crippen LogP contribution in [0.1, 0.15) is 6.92 Å². The molecule has 0 bridgehead atoms. The third-order valence-electron chi connectivity index (χ3n) is 1.39. The number of H-pyrrole nitrogens is 1. The van der Waals surface area contributed by atoms with E-state index in [1.54, 1.807) is 0 Å². The van der Waals surface area contributed by atoms with Crippen LogP contribution in [0.2, 0.25) is 0 Å². The highest BCUT2D eigenvalue weighted by Crippen LogP contribution is 2.11. The van der Waals surface area contributed by atoms with E-state index in [0.29, 0.717) is 5.75 Å². The molecule has 0 spiro atoms. The predicted molar refractivity (Wildman–Crippen MR) is 50.2 cm³/mol. The Morgan fingerprint density at radius 2 is 2.69 bits per heavy atom. The molecule has 0 saturated heterocycles. The van der Waals surface area contributed by atoms with Crippen molar-refractivity contribution in [2.24, 2.45) is 0 Å². The van der Waals surface area contributed by atoms with Crippen LogP contribution in [-0.4, -0.2) is 33.5 Å².